The highest BCUT2D eigenvalue weighted by molar-refractivity contribution is 5.85. The first-order valence-corrected chi connectivity index (χ1v) is 6.12. The summed E-state index contributed by atoms with van der Waals surface area (Å²) >= 11 is 0. The minimum atomic E-state index is -0.371. The van der Waals surface area contributed by atoms with Crippen molar-refractivity contribution in [3.63, 3.8) is 0 Å². The molecule has 19 heavy (non-hydrogen) atoms. The molecular weight excluding hydrogens is 271 g/mol. The van der Waals surface area contributed by atoms with E-state index in [1.807, 2.05) is 0 Å². The van der Waals surface area contributed by atoms with E-state index in [4.69, 9.17) is 4.74 Å². The third kappa shape index (κ3) is 5.44. The van der Waals surface area contributed by atoms with E-state index in [1.165, 1.54) is 12.1 Å². The Morgan fingerprint density at radius 1 is 1.53 bits per heavy atom. The molecule has 0 aliphatic carbocycles. The number of halogens is 2. The molecule has 1 heterocycles. The number of carbonyl (C=O) groups excluding carboxylic acids is 1. The Kier molecular flexibility index (Phi) is 6.59. The SMILES string of the molecule is Cl.O=C(COc1cccc(F)c1)N[C@H]1CCCNC1. The van der Waals surface area contributed by atoms with Crippen LogP contribution in [0.25, 0.3) is 0 Å². The Balaban J connectivity index is 0.00000180. The zero-order valence-corrected chi connectivity index (χ0v) is 11.3. The molecular formula is C13H18ClFN2O2. The summed E-state index contributed by atoms with van der Waals surface area (Å²) in [6, 6.07) is 5.93. The van der Waals surface area contributed by atoms with Gasteiger partial charge in [0, 0.05) is 18.7 Å². The van der Waals surface area contributed by atoms with Crippen LogP contribution in [0.1, 0.15) is 12.8 Å². The summed E-state index contributed by atoms with van der Waals surface area (Å²) in [6.45, 7) is 1.72. The smallest absolute Gasteiger partial charge is 0.258 e. The maximum absolute atomic E-state index is 12.9. The zero-order valence-electron chi connectivity index (χ0n) is 10.5. The molecule has 1 aromatic rings. The number of hydrogen-bond donors (Lipinski definition) is 2. The molecule has 0 unspecified atom stereocenters. The van der Waals surface area contributed by atoms with Gasteiger partial charge in [0.1, 0.15) is 11.6 Å². The van der Waals surface area contributed by atoms with Gasteiger partial charge in [-0.3, -0.25) is 4.79 Å². The number of rotatable bonds is 4. The number of piperidine rings is 1. The molecule has 1 fully saturated rings. The highest BCUT2D eigenvalue weighted by Crippen LogP contribution is 2.11. The summed E-state index contributed by atoms with van der Waals surface area (Å²) < 4.78 is 18.1. The summed E-state index contributed by atoms with van der Waals surface area (Å²) in [5.74, 6) is -0.177. The van der Waals surface area contributed by atoms with Crippen molar-refractivity contribution < 1.29 is 13.9 Å². The lowest BCUT2D eigenvalue weighted by atomic mass is 10.1. The molecule has 1 aliphatic heterocycles. The highest BCUT2D eigenvalue weighted by Gasteiger charge is 2.15. The van der Waals surface area contributed by atoms with Gasteiger partial charge in [-0.25, -0.2) is 4.39 Å². The van der Waals surface area contributed by atoms with Crippen LogP contribution >= 0.6 is 12.4 Å². The molecule has 4 nitrogen and oxygen atoms in total. The molecule has 0 spiro atoms. The lowest BCUT2D eigenvalue weighted by Crippen LogP contribution is -2.46. The minimum absolute atomic E-state index is 0. The molecule has 0 radical (unpaired) electrons. The molecule has 2 rings (SSSR count). The van der Waals surface area contributed by atoms with Gasteiger partial charge in [0.25, 0.3) is 5.91 Å². The van der Waals surface area contributed by atoms with E-state index in [9.17, 15) is 9.18 Å². The molecule has 6 heteroatoms. The van der Waals surface area contributed by atoms with Gasteiger partial charge in [0.15, 0.2) is 6.61 Å². The van der Waals surface area contributed by atoms with Crippen LogP contribution in [0.15, 0.2) is 24.3 Å². The van der Waals surface area contributed by atoms with Gasteiger partial charge in [-0.1, -0.05) is 6.07 Å². The van der Waals surface area contributed by atoms with E-state index in [1.54, 1.807) is 12.1 Å². The van der Waals surface area contributed by atoms with Crippen LogP contribution in [0, 0.1) is 5.82 Å². The zero-order chi connectivity index (χ0) is 12.8. The number of amides is 1. The molecule has 1 atom stereocenters. The second-order valence-electron chi connectivity index (χ2n) is 4.36. The van der Waals surface area contributed by atoms with Crippen LogP contribution in [-0.4, -0.2) is 31.6 Å². The lowest BCUT2D eigenvalue weighted by Gasteiger charge is -2.23. The summed E-state index contributed by atoms with van der Waals surface area (Å²) in [6.07, 6.45) is 2.05. The van der Waals surface area contributed by atoms with Gasteiger partial charge in [-0.15, -0.1) is 12.4 Å². The summed E-state index contributed by atoms with van der Waals surface area (Å²) in [5.41, 5.74) is 0. The van der Waals surface area contributed by atoms with E-state index >= 15 is 0 Å². The fraction of sp³-hybridized carbons (Fsp3) is 0.462. The van der Waals surface area contributed by atoms with Gasteiger partial charge < -0.3 is 15.4 Å². The van der Waals surface area contributed by atoms with Crippen molar-refractivity contribution in [2.75, 3.05) is 19.7 Å². The summed E-state index contributed by atoms with van der Waals surface area (Å²) in [4.78, 5) is 11.6. The van der Waals surface area contributed by atoms with Gasteiger partial charge in [-0.2, -0.15) is 0 Å². The summed E-state index contributed by atoms with van der Waals surface area (Å²) in [5, 5.41) is 6.10. The molecule has 1 saturated heterocycles. The van der Waals surface area contributed by atoms with Gasteiger partial charge in [-0.05, 0) is 31.5 Å². The largest absolute Gasteiger partial charge is 0.484 e. The van der Waals surface area contributed by atoms with E-state index < -0.39 is 0 Å². The lowest BCUT2D eigenvalue weighted by molar-refractivity contribution is -0.123. The van der Waals surface area contributed by atoms with Crippen LogP contribution in [0.4, 0.5) is 4.39 Å². The molecule has 1 amide bonds. The van der Waals surface area contributed by atoms with Gasteiger partial charge in [0.05, 0.1) is 0 Å². The van der Waals surface area contributed by atoms with Crippen molar-refractivity contribution in [2.24, 2.45) is 0 Å². The highest BCUT2D eigenvalue weighted by atomic mass is 35.5. The molecule has 1 aliphatic rings. The Hall–Kier alpha value is -1.33. The van der Waals surface area contributed by atoms with E-state index in [-0.39, 0.29) is 36.8 Å². The Morgan fingerprint density at radius 3 is 3.05 bits per heavy atom. The van der Waals surface area contributed by atoms with Crippen molar-refractivity contribution in [3.05, 3.63) is 30.1 Å². The minimum Gasteiger partial charge on any atom is -0.484 e. The summed E-state index contributed by atoms with van der Waals surface area (Å²) in [7, 11) is 0. The van der Waals surface area contributed by atoms with Crippen LogP contribution in [0.3, 0.4) is 0 Å². The van der Waals surface area contributed by atoms with Crippen LogP contribution in [0.2, 0.25) is 0 Å². The molecule has 0 aromatic heterocycles. The van der Waals surface area contributed by atoms with Crippen LogP contribution in [0.5, 0.6) is 5.75 Å². The van der Waals surface area contributed by atoms with Crippen LogP contribution in [-0.2, 0) is 4.79 Å². The third-order valence-electron chi connectivity index (χ3n) is 2.83. The second-order valence-corrected chi connectivity index (χ2v) is 4.36. The fourth-order valence-electron chi connectivity index (χ4n) is 1.95. The first-order valence-electron chi connectivity index (χ1n) is 6.12. The maximum atomic E-state index is 12.9. The number of benzene rings is 1. The van der Waals surface area contributed by atoms with E-state index in [0.29, 0.717) is 5.75 Å². The predicted octanol–water partition coefficient (Wildman–Crippen LogP) is 1.49. The molecule has 106 valence electrons. The average Bonchev–Trinajstić information content (AvgIpc) is 2.38. The number of carbonyl (C=O) groups is 1. The molecule has 2 N–H and O–H groups in total. The van der Waals surface area contributed by atoms with Crippen molar-refractivity contribution in [1.29, 1.82) is 0 Å². The molecule has 1 aromatic carbocycles. The predicted molar refractivity (Wildman–Crippen MR) is 73.2 cm³/mol. The Morgan fingerprint density at radius 2 is 2.37 bits per heavy atom. The van der Waals surface area contributed by atoms with Crippen LogP contribution < -0.4 is 15.4 Å². The van der Waals surface area contributed by atoms with Crippen molar-refractivity contribution in [1.82, 2.24) is 10.6 Å². The van der Waals surface area contributed by atoms with Gasteiger partial charge >= 0.3 is 0 Å². The molecule has 0 saturated carbocycles. The number of ether oxygens (including phenoxy) is 1. The Labute approximate surface area is 118 Å². The normalized spacial score (nSPS) is 18.3. The average molecular weight is 289 g/mol. The second kappa shape index (κ2) is 7.96. The van der Waals surface area contributed by atoms with Gasteiger partial charge in [0.2, 0.25) is 0 Å². The first-order chi connectivity index (χ1) is 8.74. The Bertz CT molecular complexity index is 411. The number of hydrogen-bond acceptors (Lipinski definition) is 3. The standard InChI is InChI=1S/C13H17FN2O2.ClH/c14-10-3-1-5-12(7-10)18-9-13(17)16-11-4-2-6-15-8-11;/h1,3,5,7,11,15H,2,4,6,8-9H2,(H,16,17);1H/t11-;/m0./s1. The van der Waals surface area contributed by atoms with Crippen molar-refractivity contribution >= 4 is 18.3 Å². The van der Waals surface area contributed by atoms with E-state index in [2.05, 4.69) is 10.6 Å². The topological polar surface area (TPSA) is 50.4 Å². The van der Waals surface area contributed by atoms with Crippen molar-refractivity contribution in [2.45, 2.75) is 18.9 Å². The third-order valence-corrected chi connectivity index (χ3v) is 2.83. The maximum Gasteiger partial charge on any atom is 0.258 e. The molecule has 0 bridgehead atoms. The van der Waals surface area contributed by atoms with E-state index in [0.717, 1.165) is 25.9 Å². The quantitative estimate of drug-likeness (QED) is 0.883. The first kappa shape index (κ1) is 15.7. The number of nitrogens with one attached hydrogen (secondary N) is 2. The fourth-order valence-corrected chi connectivity index (χ4v) is 1.95. The van der Waals surface area contributed by atoms with Crippen molar-refractivity contribution in [3.8, 4) is 5.75 Å². The monoisotopic (exact) mass is 288 g/mol.